The highest BCUT2D eigenvalue weighted by Gasteiger charge is 2.42. The van der Waals surface area contributed by atoms with E-state index in [9.17, 15) is 8.42 Å². The third-order valence-electron chi connectivity index (χ3n) is 5.88. The molecule has 2 fully saturated rings. The van der Waals surface area contributed by atoms with Gasteiger partial charge in [0.25, 0.3) is 0 Å². The number of aromatic nitrogens is 1. The van der Waals surface area contributed by atoms with Gasteiger partial charge < -0.3 is 14.5 Å². The summed E-state index contributed by atoms with van der Waals surface area (Å²) in [6.07, 6.45) is 1.90. The van der Waals surface area contributed by atoms with E-state index in [1.807, 2.05) is 30.5 Å². The SMILES string of the molecule is COc1cc(S(=O)(=O)N2C[C@H]3COC[C@H]3C2)ccc1-c1ccc2[nH]ccc2c1. The second kappa shape index (κ2) is 6.62. The van der Waals surface area contributed by atoms with E-state index < -0.39 is 10.0 Å². The molecule has 2 aliphatic rings. The van der Waals surface area contributed by atoms with Crippen LogP contribution in [0.25, 0.3) is 22.0 Å². The number of nitrogens with zero attached hydrogens (tertiary/aromatic N) is 1. The van der Waals surface area contributed by atoms with Crippen LogP contribution in [0, 0.1) is 11.8 Å². The first-order chi connectivity index (χ1) is 13.6. The number of sulfonamides is 1. The Balaban J connectivity index is 1.50. The van der Waals surface area contributed by atoms with Crippen LogP contribution < -0.4 is 4.74 Å². The molecule has 1 aromatic heterocycles. The minimum Gasteiger partial charge on any atom is -0.496 e. The topological polar surface area (TPSA) is 71.6 Å². The molecule has 5 rings (SSSR count). The van der Waals surface area contributed by atoms with Crippen molar-refractivity contribution in [2.45, 2.75) is 4.90 Å². The molecule has 7 heteroatoms. The Morgan fingerprint density at radius 2 is 1.86 bits per heavy atom. The molecular formula is C21H22N2O4S. The molecule has 2 aromatic carbocycles. The monoisotopic (exact) mass is 398 g/mol. The number of methoxy groups -OCH3 is 1. The Bertz CT molecular complexity index is 1130. The molecule has 3 aromatic rings. The summed E-state index contributed by atoms with van der Waals surface area (Å²) in [7, 11) is -1.97. The minimum atomic E-state index is -3.55. The molecule has 3 heterocycles. The third-order valence-corrected chi connectivity index (χ3v) is 7.71. The molecule has 0 saturated carbocycles. The van der Waals surface area contributed by atoms with Crippen LogP contribution in [0.1, 0.15) is 0 Å². The van der Waals surface area contributed by atoms with E-state index >= 15 is 0 Å². The van der Waals surface area contributed by atoms with Crippen molar-refractivity contribution in [2.75, 3.05) is 33.4 Å². The van der Waals surface area contributed by atoms with Crippen LogP contribution in [0.15, 0.2) is 53.6 Å². The van der Waals surface area contributed by atoms with Crippen LogP contribution >= 0.6 is 0 Å². The number of H-pyrrole nitrogens is 1. The van der Waals surface area contributed by atoms with Gasteiger partial charge in [-0.2, -0.15) is 4.31 Å². The summed E-state index contributed by atoms with van der Waals surface area (Å²) in [5.74, 6) is 1.17. The lowest BCUT2D eigenvalue weighted by molar-refractivity contribution is 0.168. The van der Waals surface area contributed by atoms with Crippen LogP contribution in [0.4, 0.5) is 0 Å². The van der Waals surface area contributed by atoms with Gasteiger partial charge in [-0.1, -0.05) is 6.07 Å². The van der Waals surface area contributed by atoms with Crippen molar-refractivity contribution in [1.82, 2.24) is 9.29 Å². The molecular weight excluding hydrogens is 376 g/mol. The van der Waals surface area contributed by atoms with Crippen LogP contribution in [0.3, 0.4) is 0 Å². The fraction of sp³-hybridized carbons (Fsp3) is 0.333. The Kier molecular flexibility index (Phi) is 4.19. The van der Waals surface area contributed by atoms with Crippen molar-refractivity contribution >= 4 is 20.9 Å². The number of fused-ring (bicyclic) bond motifs is 2. The summed E-state index contributed by atoms with van der Waals surface area (Å²) in [4.78, 5) is 3.45. The molecule has 28 heavy (non-hydrogen) atoms. The summed E-state index contributed by atoms with van der Waals surface area (Å²) in [5.41, 5.74) is 2.92. The first-order valence-electron chi connectivity index (χ1n) is 9.40. The number of hydrogen-bond acceptors (Lipinski definition) is 4. The molecule has 146 valence electrons. The summed E-state index contributed by atoms with van der Waals surface area (Å²) in [6.45, 7) is 2.36. The van der Waals surface area contributed by atoms with Crippen LogP contribution in [-0.2, 0) is 14.8 Å². The van der Waals surface area contributed by atoms with E-state index in [-0.39, 0.29) is 4.90 Å². The standard InChI is InChI=1S/C21H22N2O4S/c1-26-21-9-18(28(24,25)23-10-16-12-27-13-17(16)11-23)3-4-19(21)14-2-5-20-15(8-14)6-7-22-20/h2-9,16-17,22H,10-13H2,1H3/t16-,17+. The predicted octanol–water partition coefficient (Wildman–Crippen LogP) is 3.11. The van der Waals surface area contributed by atoms with E-state index in [0.29, 0.717) is 43.9 Å². The summed E-state index contributed by atoms with van der Waals surface area (Å²) in [6, 6.07) is 13.2. The molecule has 2 atom stereocenters. The van der Waals surface area contributed by atoms with Crippen molar-refractivity contribution in [3.63, 3.8) is 0 Å². The molecule has 0 amide bonds. The van der Waals surface area contributed by atoms with Crippen molar-refractivity contribution in [3.8, 4) is 16.9 Å². The second-order valence-corrected chi connectivity index (χ2v) is 9.46. The van der Waals surface area contributed by atoms with Gasteiger partial charge in [0.2, 0.25) is 10.0 Å². The van der Waals surface area contributed by atoms with Gasteiger partial charge >= 0.3 is 0 Å². The van der Waals surface area contributed by atoms with Gasteiger partial charge in [-0.25, -0.2) is 8.42 Å². The summed E-state index contributed by atoms with van der Waals surface area (Å²) in [5, 5.41) is 1.10. The molecule has 2 aliphatic heterocycles. The number of hydrogen-bond donors (Lipinski definition) is 1. The van der Waals surface area contributed by atoms with Gasteiger partial charge in [0, 0.05) is 48.3 Å². The van der Waals surface area contributed by atoms with E-state index in [2.05, 4.69) is 11.1 Å². The predicted molar refractivity (Wildman–Crippen MR) is 107 cm³/mol. The van der Waals surface area contributed by atoms with Crippen molar-refractivity contribution in [1.29, 1.82) is 0 Å². The highest BCUT2D eigenvalue weighted by Crippen LogP contribution is 2.37. The maximum Gasteiger partial charge on any atom is 0.243 e. The molecule has 0 spiro atoms. The molecule has 0 bridgehead atoms. The van der Waals surface area contributed by atoms with Crippen molar-refractivity contribution < 1.29 is 17.9 Å². The zero-order valence-electron chi connectivity index (χ0n) is 15.6. The lowest BCUT2D eigenvalue weighted by Gasteiger charge is -2.19. The average Bonchev–Trinajstić information content (AvgIpc) is 3.42. The van der Waals surface area contributed by atoms with E-state index in [1.54, 1.807) is 23.5 Å². The van der Waals surface area contributed by atoms with Crippen LogP contribution in [-0.4, -0.2) is 51.1 Å². The molecule has 0 aliphatic carbocycles. The highest BCUT2D eigenvalue weighted by atomic mass is 32.2. The zero-order chi connectivity index (χ0) is 19.3. The number of ether oxygens (including phenoxy) is 2. The summed E-state index contributed by atoms with van der Waals surface area (Å²) >= 11 is 0. The van der Waals surface area contributed by atoms with Crippen molar-refractivity contribution in [3.05, 3.63) is 48.7 Å². The smallest absolute Gasteiger partial charge is 0.243 e. The largest absolute Gasteiger partial charge is 0.496 e. The maximum atomic E-state index is 13.1. The Hall–Kier alpha value is -2.35. The van der Waals surface area contributed by atoms with Crippen molar-refractivity contribution in [2.24, 2.45) is 11.8 Å². The molecule has 0 unspecified atom stereocenters. The Morgan fingerprint density at radius 1 is 1.07 bits per heavy atom. The fourth-order valence-corrected chi connectivity index (χ4v) is 5.85. The highest BCUT2D eigenvalue weighted by molar-refractivity contribution is 7.89. The maximum absolute atomic E-state index is 13.1. The number of rotatable bonds is 4. The van der Waals surface area contributed by atoms with Crippen LogP contribution in [0.2, 0.25) is 0 Å². The van der Waals surface area contributed by atoms with Gasteiger partial charge in [-0.3, -0.25) is 0 Å². The van der Waals surface area contributed by atoms with Gasteiger partial charge in [0.15, 0.2) is 0 Å². The summed E-state index contributed by atoms with van der Waals surface area (Å²) < 4.78 is 38.9. The minimum absolute atomic E-state index is 0.275. The van der Waals surface area contributed by atoms with E-state index in [4.69, 9.17) is 9.47 Å². The average molecular weight is 398 g/mol. The normalized spacial score (nSPS) is 22.6. The van der Waals surface area contributed by atoms with Gasteiger partial charge in [-0.05, 0) is 41.3 Å². The lowest BCUT2D eigenvalue weighted by atomic mass is 10.0. The first-order valence-corrected chi connectivity index (χ1v) is 10.8. The zero-order valence-corrected chi connectivity index (χ0v) is 16.4. The lowest BCUT2D eigenvalue weighted by Crippen LogP contribution is -2.30. The molecule has 0 radical (unpaired) electrons. The Labute approximate surface area is 164 Å². The fourth-order valence-electron chi connectivity index (χ4n) is 4.28. The van der Waals surface area contributed by atoms with E-state index in [0.717, 1.165) is 22.0 Å². The van der Waals surface area contributed by atoms with Gasteiger partial charge in [0.1, 0.15) is 5.75 Å². The molecule has 6 nitrogen and oxygen atoms in total. The third kappa shape index (κ3) is 2.82. The molecule has 1 N–H and O–H groups in total. The van der Waals surface area contributed by atoms with Crippen LogP contribution in [0.5, 0.6) is 5.75 Å². The quantitative estimate of drug-likeness (QED) is 0.733. The van der Waals surface area contributed by atoms with E-state index in [1.165, 1.54) is 0 Å². The number of benzene rings is 2. The Morgan fingerprint density at radius 3 is 2.61 bits per heavy atom. The second-order valence-electron chi connectivity index (χ2n) is 7.52. The first kappa shape index (κ1) is 17.7. The molecule has 2 saturated heterocycles. The number of nitrogens with one attached hydrogen (secondary N) is 1. The van der Waals surface area contributed by atoms with Gasteiger partial charge in [0.05, 0.1) is 25.2 Å². The number of aromatic amines is 1. The van der Waals surface area contributed by atoms with Gasteiger partial charge in [-0.15, -0.1) is 0 Å².